The number of fused-ring (bicyclic) bond motifs is 3. The molecule has 2 aromatic heterocycles. The molecule has 0 saturated carbocycles. The molecular formula is C21H32N4O2S+2. The van der Waals surface area contributed by atoms with Gasteiger partial charge in [0.1, 0.15) is 50.2 Å². The first-order valence-electron chi connectivity index (χ1n) is 11.1. The topological polar surface area (TPSA) is 63.9 Å². The van der Waals surface area contributed by atoms with Crippen molar-refractivity contribution in [3.63, 3.8) is 0 Å². The molecule has 1 atom stereocenters. The molecule has 3 aliphatic rings. The van der Waals surface area contributed by atoms with Crippen molar-refractivity contribution < 1.29 is 14.5 Å². The van der Waals surface area contributed by atoms with Gasteiger partial charge in [0.2, 0.25) is 0 Å². The van der Waals surface area contributed by atoms with E-state index in [1.54, 1.807) is 16.2 Å². The van der Waals surface area contributed by atoms with Crippen LogP contribution in [0.2, 0.25) is 0 Å². The van der Waals surface area contributed by atoms with Gasteiger partial charge in [-0.2, -0.15) is 0 Å². The van der Waals surface area contributed by atoms with Crippen LogP contribution in [-0.2, 0) is 24.1 Å². The number of rotatable bonds is 4. The van der Waals surface area contributed by atoms with E-state index in [1.165, 1.54) is 60.5 Å². The van der Waals surface area contributed by atoms with E-state index < -0.39 is 0 Å². The maximum Gasteiger partial charge on any atom is 0.260 e. The van der Waals surface area contributed by atoms with Crippen molar-refractivity contribution in [2.45, 2.75) is 57.6 Å². The van der Waals surface area contributed by atoms with Gasteiger partial charge in [-0.05, 0) is 50.5 Å². The zero-order chi connectivity index (χ0) is 18.9. The van der Waals surface area contributed by atoms with Crippen molar-refractivity contribution in [2.24, 2.45) is 0 Å². The minimum Gasteiger partial charge on any atom is -0.372 e. The van der Waals surface area contributed by atoms with E-state index in [4.69, 9.17) is 9.72 Å². The van der Waals surface area contributed by atoms with Crippen LogP contribution in [0.25, 0.3) is 10.2 Å². The van der Waals surface area contributed by atoms with Crippen molar-refractivity contribution in [1.82, 2.24) is 9.97 Å². The Balaban J connectivity index is 1.22. The minimum absolute atomic E-state index is 0.0810. The number of aromatic nitrogens is 2. The molecule has 152 valence electrons. The predicted molar refractivity (Wildman–Crippen MR) is 110 cm³/mol. The summed E-state index contributed by atoms with van der Waals surface area (Å²) in [5.74, 6) is 0.866. The second-order valence-corrected chi connectivity index (χ2v) is 9.86. The van der Waals surface area contributed by atoms with E-state index in [9.17, 15) is 4.79 Å². The standard InChI is InChI=1S/C21H30N4O2S/c26-20-19-16-6-1-2-7-17(16)28-21(19)23-18(22-20)14-25-10-8-24(9-11-25)13-15-5-3-4-12-27-15/h15H,1-14H2,(H,22,23,26)/p+2/t15-/m1/s1. The monoisotopic (exact) mass is 404 g/mol. The number of hydrogen-bond donors (Lipinski definition) is 3. The number of quaternary nitrogens is 2. The molecule has 7 heteroatoms. The maximum absolute atomic E-state index is 12.7. The normalized spacial score (nSPS) is 28.4. The van der Waals surface area contributed by atoms with Gasteiger partial charge in [-0.15, -0.1) is 11.3 Å². The van der Waals surface area contributed by atoms with E-state index in [-0.39, 0.29) is 5.56 Å². The lowest BCUT2D eigenvalue weighted by atomic mass is 9.97. The number of hydrogen-bond acceptors (Lipinski definition) is 4. The van der Waals surface area contributed by atoms with E-state index in [2.05, 4.69) is 4.98 Å². The van der Waals surface area contributed by atoms with Crippen LogP contribution < -0.4 is 15.4 Å². The Morgan fingerprint density at radius 2 is 1.89 bits per heavy atom. The van der Waals surface area contributed by atoms with Crippen LogP contribution in [0, 0.1) is 0 Å². The molecule has 4 heterocycles. The summed E-state index contributed by atoms with van der Waals surface area (Å²) >= 11 is 1.75. The van der Waals surface area contributed by atoms with Crippen LogP contribution in [0.4, 0.5) is 0 Å². The summed E-state index contributed by atoms with van der Waals surface area (Å²) in [6, 6.07) is 0. The third-order valence-electron chi connectivity index (χ3n) is 6.75. The van der Waals surface area contributed by atoms with Crippen LogP contribution in [0.5, 0.6) is 0 Å². The van der Waals surface area contributed by atoms with Gasteiger partial charge < -0.3 is 19.5 Å². The highest BCUT2D eigenvalue weighted by atomic mass is 32.1. The number of H-pyrrole nitrogens is 1. The molecule has 28 heavy (non-hydrogen) atoms. The lowest BCUT2D eigenvalue weighted by Gasteiger charge is -2.32. The fraction of sp³-hybridized carbons (Fsp3) is 0.714. The van der Waals surface area contributed by atoms with E-state index in [0.29, 0.717) is 6.10 Å². The van der Waals surface area contributed by atoms with Gasteiger partial charge in [0.05, 0.1) is 5.39 Å². The minimum atomic E-state index is 0.0810. The molecule has 6 nitrogen and oxygen atoms in total. The first-order chi connectivity index (χ1) is 13.8. The highest BCUT2D eigenvalue weighted by Gasteiger charge is 2.28. The average Bonchev–Trinajstić information content (AvgIpc) is 3.09. The van der Waals surface area contributed by atoms with Gasteiger partial charge in [-0.1, -0.05) is 0 Å². The van der Waals surface area contributed by atoms with Crippen molar-refractivity contribution in [3.8, 4) is 0 Å². The Labute approximate surface area is 169 Å². The molecular weight excluding hydrogens is 372 g/mol. The molecule has 0 bridgehead atoms. The Kier molecular flexibility index (Phi) is 5.50. The SMILES string of the molecule is O=c1[nH]c(C[NH+]2CC[NH+](C[C@H]3CCCCO3)CC2)nc2sc3c(c12)CCCC3. The van der Waals surface area contributed by atoms with E-state index >= 15 is 0 Å². The van der Waals surface area contributed by atoms with Gasteiger partial charge in [-0.25, -0.2) is 4.98 Å². The number of piperazine rings is 1. The lowest BCUT2D eigenvalue weighted by Crippen LogP contribution is -3.28. The smallest absolute Gasteiger partial charge is 0.260 e. The zero-order valence-electron chi connectivity index (χ0n) is 16.6. The van der Waals surface area contributed by atoms with Crippen LogP contribution >= 0.6 is 11.3 Å². The number of aryl methyl sites for hydroxylation is 2. The molecule has 0 aromatic carbocycles. The predicted octanol–water partition coefficient (Wildman–Crippen LogP) is -0.284. The van der Waals surface area contributed by atoms with Crippen LogP contribution in [0.15, 0.2) is 4.79 Å². The van der Waals surface area contributed by atoms with Crippen molar-refractivity contribution in [1.29, 1.82) is 0 Å². The first kappa shape index (κ1) is 18.7. The van der Waals surface area contributed by atoms with E-state index in [1.807, 2.05) is 0 Å². The highest BCUT2D eigenvalue weighted by Crippen LogP contribution is 2.33. The Hall–Kier alpha value is -1.28. The largest absolute Gasteiger partial charge is 0.372 e. The van der Waals surface area contributed by atoms with Gasteiger partial charge >= 0.3 is 0 Å². The Morgan fingerprint density at radius 1 is 1.07 bits per heavy atom. The first-order valence-corrected chi connectivity index (χ1v) is 11.9. The number of ether oxygens (including phenoxy) is 1. The molecule has 2 fully saturated rings. The molecule has 0 amide bonds. The summed E-state index contributed by atoms with van der Waals surface area (Å²) in [6.07, 6.45) is 8.85. The maximum atomic E-state index is 12.7. The molecule has 0 unspecified atom stereocenters. The summed E-state index contributed by atoms with van der Waals surface area (Å²) in [7, 11) is 0. The van der Waals surface area contributed by atoms with E-state index in [0.717, 1.165) is 61.7 Å². The third-order valence-corrected chi connectivity index (χ3v) is 7.93. The average molecular weight is 405 g/mol. The number of nitrogens with one attached hydrogen (secondary N) is 3. The number of nitrogens with zero attached hydrogens (tertiary/aromatic N) is 1. The second-order valence-electron chi connectivity index (χ2n) is 8.77. The van der Waals surface area contributed by atoms with Crippen molar-refractivity contribution in [2.75, 3.05) is 39.3 Å². The highest BCUT2D eigenvalue weighted by molar-refractivity contribution is 7.18. The third kappa shape index (κ3) is 3.90. The van der Waals surface area contributed by atoms with Crippen molar-refractivity contribution in [3.05, 3.63) is 26.6 Å². The Bertz CT molecular complexity index is 878. The molecule has 2 saturated heterocycles. The van der Waals surface area contributed by atoms with Gasteiger partial charge in [0.15, 0.2) is 5.82 Å². The number of thiophene rings is 1. The van der Waals surface area contributed by atoms with Crippen molar-refractivity contribution >= 4 is 21.6 Å². The van der Waals surface area contributed by atoms with Gasteiger partial charge in [0, 0.05) is 11.5 Å². The summed E-state index contributed by atoms with van der Waals surface area (Å²) in [6.45, 7) is 7.61. The fourth-order valence-electron chi connectivity index (χ4n) is 5.16. The molecule has 0 radical (unpaired) electrons. The summed E-state index contributed by atoms with van der Waals surface area (Å²) in [5, 5.41) is 0.875. The molecule has 0 spiro atoms. The molecule has 2 aromatic rings. The molecule has 2 aliphatic heterocycles. The molecule has 3 N–H and O–H groups in total. The Morgan fingerprint density at radius 3 is 2.71 bits per heavy atom. The van der Waals surface area contributed by atoms with Gasteiger partial charge in [-0.3, -0.25) is 4.79 Å². The summed E-state index contributed by atoms with van der Waals surface area (Å²) < 4.78 is 5.92. The molecule has 5 rings (SSSR count). The quantitative estimate of drug-likeness (QED) is 0.657. The van der Waals surface area contributed by atoms with Gasteiger partial charge in [0.25, 0.3) is 5.56 Å². The van der Waals surface area contributed by atoms with Crippen LogP contribution in [0.1, 0.15) is 48.4 Å². The number of aromatic amines is 1. The second kappa shape index (κ2) is 8.22. The van der Waals surface area contributed by atoms with Crippen LogP contribution in [-0.4, -0.2) is 55.4 Å². The zero-order valence-corrected chi connectivity index (χ0v) is 17.5. The fourth-order valence-corrected chi connectivity index (χ4v) is 6.44. The summed E-state index contributed by atoms with van der Waals surface area (Å²) in [5.41, 5.74) is 1.36. The van der Waals surface area contributed by atoms with Crippen LogP contribution in [0.3, 0.4) is 0 Å². The molecule has 1 aliphatic carbocycles. The lowest BCUT2D eigenvalue weighted by molar-refractivity contribution is -1.02. The summed E-state index contributed by atoms with van der Waals surface area (Å²) in [4.78, 5) is 26.3.